The molecular formula is C17H19N5O2. The molecule has 3 rings (SSSR count). The lowest BCUT2D eigenvalue weighted by molar-refractivity contribution is -0.131. The molecule has 24 heavy (non-hydrogen) atoms. The van der Waals surface area contributed by atoms with Crippen LogP contribution in [0.1, 0.15) is 13.0 Å². The van der Waals surface area contributed by atoms with Crippen molar-refractivity contribution in [3.05, 3.63) is 47.0 Å². The Morgan fingerprint density at radius 3 is 2.50 bits per heavy atom. The van der Waals surface area contributed by atoms with Crippen molar-refractivity contribution in [2.75, 3.05) is 14.1 Å². The van der Waals surface area contributed by atoms with Gasteiger partial charge in [-0.3, -0.25) is 13.9 Å². The molecule has 0 bridgehead atoms. The van der Waals surface area contributed by atoms with E-state index in [4.69, 9.17) is 0 Å². The van der Waals surface area contributed by atoms with Gasteiger partial charge in [0.15, 0.2) is 11.5 Å². The van der Waals surface area contributed by atoms with Gasteiger partial charge in [0.25, 0.3) is 0 Å². The molecule has 2 heterocycles. The first kappa shape index (κ1) is 15.9. The standard InChI is InChI=1S/C17H19N5O2/c1-11(16(23)20(2)3)22-15-13(21(4)17(22)24)10-18-14(19-15)12-8-6-5-7-9-12/h5-11H,1-4H3. The van der Waals surface area contributed by atoms with Gasteiger partial charge in [-0.15, -0.1) is 0 Å². The zero-order chi connectivity index (χ0) is 17.4. The highest BCUT2D eigenvalue weighted by molar-refractivity contribution is 5.82. The first-order chi connectivity index (χ1) is 11.4. The first-order valence-electron chi connectivity index (χ1n) is 7.62. The fraction of sp³-hybridized carbons (Fsp3) is 0.294. The third kappa shape index (κ3) is 2.47. The lowest BCUT2D eigenvalue weighted by atomic mass is 10.2. The number of imidazole rings is 1. The molecule has 0 saturated heterocycles. The molecule has 2 aromatic heterocycles. The summed E-state index contributed by atoms with van der Waals surface area (Å²) in [5, 5.41) is 0. The zero-order valence-electron chi connectivity index (χ0n) is 14.1. The third-order valence-electron chi connectivity index (χ3n) is 4.05. The minimum atomic E-state index is -0.644. The van der Waals surface area contributed by atoms with E-state index < -0.39 is 6.04 Å². The van der Waals surface area contributed by atoms with Gasteiger partial charge in [-0.1, -0.05) is 30.3 Å². The fourth-order valence-corrected chi connectivity index (χ4v) is 2.70. The molecule has 7 heteroatoms. The summed E-state index contributed by atoms with van der Waals surface area (Å²) in [5.41, 5.74) is 1.62. The number of hydrogen-bond acceptors (Lipinski definition) is 4. The highest BCUT2D eigenvalue weighted by atomic mass is 16.2. The average molecular weight is 325 g/mol. The Labute approximate surface area is 139 Å². The third-order valence-corrected chi connectivity index (χ3v) is 4.05. The van der Waals surface area contributed by atoms with Crippen LogP contribution in [0, 0.1) is 0 Å². The number of carbonyl (C=O) groups excluding carboxylic acids is 1. The largest absolute Gasteiger partial charge is 0.347 e. The van der Waals surface area contributed by atoms with Gasteiger partial charge in [0, 0.05) is 26.7 Å². The van der Waals surface area contributed by atoms with Crippen LogP contribution >= 0.6 is 0 Å². The monoisotopic (exact) mass is 325 g/mol. The topological polar surface area (TPSA) is 73.0 Å². The number of fused-ring (bicyclic) bond motifs is 1. The van der Waals surface area contributed by atoms with Gasteiger partial charge in [-0.2, -0.15) is 0 Å². The Balaban J connectivity index is 2.23. The van der Waals surface area contributed by atoms with E-state index in [2.05, 4.69) is 9.97 Å². The molecule has 1 atom stereocenters. The number of carbonyl (C=O) groups is 1. The Hall–Kier alpha value is -2.96. The second-order valence-corrected chi connectivity index (χ2v) is 5.89. The number of aromatic nitrogens is 4. The molecule has 0 radical (unpaired) electrons. The Morgan fingerprint density at radius 1 is 1.21 bits per heavy atom. The van der Waals surface area contributed by atoms with Crippen molar-refractivity contribution in [2.24, 2.45) is 7.05 Å². The van der Waals surface area contributed by atoms with E-state index >= 15 is 0 Å². The second kappa shape index (κ2) is 5.92. The maximum atomic E-state index is 12.6. The fourth-order valence-electron chi connectivity index (χ4n) is 2.70. The zero-order valence-corrected chi connectivity index (χ0v) is 14.1. The molecule has 0 aliphatic rings. The van der Waals surface area contributed by atoms with E-state index in [1.807, 2.05) is 30.3 Å². The quantitative estimate of drug-likeness (QED) is 0.730. The Morgan fingerprint density at radius 2 is 1.88 bits per heavy atom. The lowest BCUT2D eigenvalue weighted by Gasteiger charge is -2.17. The van der Waals surface area contributed by atoms with Gasteiger partial charge < -0.3 is 4.90 Å². The summed E-state index contributed by atoms with van der Waals surface area (Å²) in [6.07, 6.45) is 1.62. The predicted octanol–water partition coefficient (Wildman–Crippen LogP) is 1.45. The van der Waals surface area contributed by atoms with Gasteiger partial charge in [-0.25, -0.2) is 14.8 Å². The van der Waals surface area contributed by atoms with E-state index in [9.17, 15) is 9.59 Å². The van der Waals surface area contributed by atoms with Crippen LogP contribution in [0.2, 0.25) is 0 Å². The number of rotatable bonds is 3. The van der Waals surface area contributed by atoms with Crippen LogP contribution in [0.5, 0.6) is 0 Å². The van der Waals surface area contributed by atoms with Gasteiger partial charge in [-0.05, 0) is 6.92 Å². The number of amides is 1. The molecule has 1 amide bonds. The molecular weight excluding hydrogens is 306 g/mol. The van der Waals surface area contributed by atoms with Crippen molar-refractivity contribution in [3.8, 4) is 11.4 Å². The van der Waals surface area contributed by atoms with Gasteiger partial charge in [0.2, 0.25) is 5.91 Å². The van der Waals surface area contributed by atoms with Crippen LogP contribution in [-0.2, 0) is 11.8 Å². The molecule has 3 aromatic rings. The van der Waals surface area contributed by atoms with Crippen molar-refractivity contribution in [1.29, 1.82) is 0 Å². The highest BCUT2D eigenvalue weighted by Crippen LogP contribution is 2.20. The summed E-state index contributed by atoms with van der Waals surface area (Å²) in [4.78, 5) is 35.3. The summed E-state index contributed by atoms with van der Waals surface area (Å²) < 4.78 is 2.88. The molecule has 7 nitrogen and oxygen atoms in total. The molecule has 0 fully saturated rings. The number of nitrogens with zero attached hydrogens (tertiary/aromatic N) is 5. The van der Waals surface area contributed by atoms with Crippen LogP contribution in [0.15, 0.2) is 41.3 Å². The van der Waals surface area contributed by atoms with E-state index in [1.165, 1.54) is 14.0 Å². The molecule has 0 spiro atoms. The smallest absolute Gasteiger partial charge is 0.330 e. The van der Waals surface area contributed by atoms with Crippen molar-refractivity contribution < 1.29 is 4.79 Å². The van der Waals surface area contributed by atoms with Crippen LogP contribution in [0.25, 0.3) is 22.6 Å². The summed E-state index contributed by atoms with van der Waals surface area (Å²) >= 11 is 0. The van der Waals surface area contributed by atoms with Crippen LogP contribution in [0.4, 0.5) is 0 Å². The number of likely N-dealkylation sites (N-methyl/N-ethyl adjacent to an activating group) is 1. The van der Waals surface area contributed by atoms with E-state index in [-0.39, 0.29) is 11.6 Å². The maximum absolute atomic E-state index is 12.6. The van der Waals surface area contributed by atoms with E-state index in [1.54, 1.807) is 34.3 Å². The van der Waals surface area contributed by atoms with Crippen LogP contribution < -0.4 is 5.69 Å². The second-order valence-electron chi connectivity index (χ2n) is 5.89. The molecule has 0 aliphatic carbocycles. The molecule has 0 saturated carbocycles. The number of benzene rings is 1. The molecule has 1 unspecified atom stereocenters. The van der Waals surface area contributed by atoms with Crippen LogP contribution in [-0.4, -0.2) is 44.0 Å². The van der Waals surface area contributed by atoms with Gasteiger partial charge >= 0.3 is 5.69 Å². The van der Waals surface area contributed by atoms with E-state index in [0.717, 1.165) is 5.56 Å². The minimum Gasteiger partial charge on any atom is -0.347 e. The minimum absolute atomic E-state index is 0.163. The first-order valence-corrected chi connectivity index (χ1v) is 7.62. The molecule has 124 valence electrons. The summed E-state index contributed by atoms with van der Waals surface area (Å²) in [5.74, 6) is 0.358. The van der Waals surface area contributed by atoms with Crippen molar-refractivity contribution in [1.82, 2.24) is 24.0 Å². The SMILES string of the molecule is CC(C(=O)N(C)C)n1c(=O)n(C)c2cnc(-c3ccccc3)nc21. The number of hydrogen-bond donors (Lipinski definition) is 0. The molecule has 1 aromatic carbocycles. The van der Waals surface area contributed by atoms with Gasteiger partial charge in [0.1, 0.15) is 11.6 Å². The summed E-state index contributed by atoms with van der Waals surface area (Å²) in [6, 6.07) is 8.88. The average Bonchev–Trinajstić information content (AvgIpc) is 2.85. The highest BCUT2D eigenvalue weighted by Gasteiger charge is 2.24. The number of aryl methyl sites for hydroxylation is 1. The molecule has 0 aliphatic heterocycles. The van der Waals surface area contributed by atoms with E-state index in [0.29, 0.717) is 17.0 Å². The summed E-state index contributed by atoms with van der Waals surface area (Å²) in [7, 11) is 4.98. The lowest BCUT2D eigenvalue weighted by Crippen LogP contribution is -2.35. The normalized spacial score (nSPS) is 12.3. The van der Waals surface area contributed by atoms with Crippen LogP contribution in [0.3, 0.4) is 0 Å². The van der Waals surface area contributed by atoms with Crippen molar-refractivity contribution in [3.63, 3.8) is 0 Å². The Kier molecular flexibility index (Phi) is 3.92. The van der Waals surface area contributed by atoms with Gasteiger partial charge in [0.05, 0.1) is 6.20 Å². The molecule has 0 N–H and O–H groups in total. The Bertz CT molecular complexity index is 956. The predicted molar refractivity (Wildman–Crippen MR) is 91.6 cm³/mol. The van der Waals surface area contributed by atoms with Crippen molar-refractivity contribution >= 4 is 17.1 Å². The maximum Gasteiger partial charge on any atom is 0.330 e. The van der Waals surface area contributed by atoms with Crippen molar-refractivity contribution in [2.45, 2.75) is 13.0 Å². The summed E-state index contributed by atoms with van der Waals surface area (Å²) in [6.45, 7) is 1.70.